The van der Waals surface area contributed by atoms with Gasteiger partial charge in [0.25, 0.3) is 0 Å². The summed E-state index contributed by atoms with van der Waals surface area (Å²) in [6, 6.07) is 0.217. The molecule has 0 aliphatic carbocycles. The molecule has 2 saturated heterocycles. The number of halogens is 3. The first-order valence-corrected chi connectivity index (χ1v) is 6.36. The Bertz CT molecular complexity index is 490. The highest BCUT2D eigenvalue weighted by Gasteiger charge is 2.40. The molecule has 20 heavy (non-hydrogen) atoms. The first-order chi connectivity index (χ1) is 9.49. The smallest absolute Gasteiger partial charge is 0.337 e. The molecule has 1 aromatic heterocycles. The number of carbonyl (C=O) groups is 1. The van der Waals surface area contributed by atoms with Gasteiger partial charge in [0.05, 0.1) is 5.56 Å². The lowest BCUT2D eigenvalue weighted by Crippen LogP contribution is -2.53. The van der Waals surface area contributed by atoms with Crippen LogP contribution in [-0.4, -0.2) is 46.5 Å². The first-order valence-electron chi connectivity index (χ1n) is 6.36. The summed E-state index contributed by atoms with van der Waals surface area (Å²) in [6.07, 6.45) is -0.130. The van der Waals surface area contributed by atoms with Crippen molar-refractivity contribution in [2.75, 3.05) is 18.0 Å². The molecule has 1 amide bonds. The Kier molecular flexibility index (Phi) is 3.02. The molecule has 2 aliphatic rings. The highest BCUT2D eigenvalue weighted by atomic mass is 19.4. The Hall–Kier alpha value is -1.86. The Balaban J connectivity index is 1.77. The number of hydrogen-bond donors (Lipinski definition) is 0. The van der Waals surface area contributed by atoms with Crippen LogP contribution in [0.1, 0.15) is 18.4 Å². The van der Waals surface area contributed by atoms with Gasteiger partial charge in [-0.05, 0) is 12.8 Å². The van der Waals surface area contributed by atoms with Crippen LogP contribution in [0.3, 0.4) is 0 Å². The number of nitrogens with zero attached hydrogens (tertiary/aromatic N) is 4. The molecule has 3 heterocycles. The molecule has 0 aromatic carbocycles. The molecule has 3 rings (SSSR count). The van der Waals surface area contributed by atoms with Gasteiger partial charge in [-0.3, -0.25) is 4.79 Å². The zero-order valence-electron chi connectivity index (χ0n) is 10.5. The maximum absolute atomic E-state index is 12.5. The van der Waals surface area contributed by atoms with Crippen molar-refractivity contribution in [3.63, 3.8) is 0 Å². The second-order valence-corrected chi connectivity index (χ2v) is 5.11. The average molecular weight is 286 g/mol. The number of carbonyl (C=O) groups excluding carboxylic acids is 1. The van der Waals surface area contributed by atoms with E-state index in [-0.39, 0.29) is 12.1 Å². The van der Waals surface area contributed by atoms with E-state index in [1.165, 1.54) is 0 Å². The Morgan fingerprint density at radius 2 is 1.70 bits per heavy atom. The summed E-state index contributed by atoms with van der Waals surface area (Å²) < 4.78 is 37.4. The fourth-order valence-electron chi connectivity index (χ4n) is 2.90. The molecule has 0 saturated carbocycles. The molecule has 2 fully saturated rings. The van der Waals surface area contributed by atoms with Crippen LogP contribution < -0.4 is 4.90 Å². The van der Waals surface area contributed by atoms with Crippen molar-refractivity contribution in [1.82, 2.24) is 14.9 Å². The zero-order valence-corrected chi connectivity index (χ0v) is 10.5. The fraction of sp³-hybridized carbons (Fsp3) is 0.583. The van der Waals surface area contributed by atoms with E-state index in [0.29, 0.717) is 19.0 Å². The Labute approximate surface area is 113 Å². The molecule has 2 atom stereocenters. The van der Waals surface area contributed by atoms with Gasteiger partial charge in [0.15, 0.2) is 0 Å². The third-order valence-electron chi connectivity index (χ3n) is 3.91. The number of aromatic nitrogens is 2. The molecule has 8 heteroatoms. The number of anilines is 1. The quantitative estimate of drug-likeness (QED) is 0.769. The molecular weight excluding hydrogens is 273 g/mol. The van der Waals surface area contributed by atoms with Crippen molar-refractivity contribution in [1.29, 1.82) is 0 Å². The van der Waals surface area contributed by atoms with Gasteiger partial charge in [-0.1, -0.05) is 0 Å². The lowest BCUT2D eigenvalue weighted by molar-refractivity contribution is -0.138. The van der Waals surface area contributed by atoms with Crippen molar-refractivity contribution in [2.24, 2.45) is 0 Å². The van der Waals surface area contributed by atoms with E-state index >= 15 is 0 Å². The minimum atomic E-state index is -4.42. The van der Waals surface area contributed by atoms with Gasteiger partial charge in [-0.2, -0.15) is 13.2 Å². The number of hydrogen-bond acceptors (Lipinski definition) is 4. The van der Waals surface area contributed by atoms with Gasteiger partial charge in [0.1, 0.15) is 0 Å². The van der Waals surface area contributed by atoms with E-state index in [2.05, 4.69) is 9.97 Å². The molecule has 0 N–H and O–H groups in total. The zero-order chi connectivity index (χ0) is 14.3. The topological polar surface area (TPSA) is 49.3 Å². The second kappa shape index (κ2) is 4.60. The number of rotatable bonds is 2. The van der Waals surface area contributed by atoms with Crippen molar-refractivity contribution in [2.45, 2.75) is 31.1 Å². The minimum Gasteiger partial charge on any atom is -0.337 e. The minimum absolute atomic E-state index is 0.108. The van der Waals surface area contributed by atoms with Gasteiger partial charge in [0.2, 0.25) is 12.4 Å². The maximum atomic E-state index is 12.5. The number of amides is 1. The third-order valence-corrected chi connectivity index (χ3v) is 3.91. The molecule has 0 radical (unpaired) electrons. The van der Waals surface area contributed by atoms with E-state index in [9.17, 15) is 18.0 Å². The van der Waals surface area contributed by atoms with Crippen LogP contribution in [0.2, 0.25) is 0 Å². The summed E-state index contributed by atoms with van der Waals surface area (Å²) in [5.74, 6) is 0.292. The maximum Gasteiger partial charge on any atom is 0.419 e. The third kappa shape index (κ3) is 2.19. The largest absolute Gasteiger partial charge is 0.419 e. The normalized spacial score (nSPS) is 25.9. The van der Waals surface area contributed by atoms with Crippen molar-refractivity contribution in [3.05, 3.63) is 18.0 Å². The molecule has 5 nitrogen and oxygen atoms in total. The number of alkyl halides is 3. The average Bonchev–Trinajstić information content (AvgIpc) is 2.66. The van der Waals surface area contributed by atoms with Crippen LogP contribution in [0.15, 0.2) is 12.4 Å². The molecule has 0 spiro atoms. The number of piperazine rings is 1. The number of fused-ring (bicyclic) bond motifs is 2. The molecule has 1 aromatic rings. The van der Waals surface area contributed by atoms with Gasteiger partial charge in [-0.15, -0.1) is 0 Å². The van der Waals surface area contributed by atoms with E-state index in [1.807, 2.05) is 4.90 Å². The van der Waals surface area contributed by atoms with Crippen molar-refractivity contribution >= 4 is 12.4 Å². The predicted molar refractivity (Wildman–Crippen MR) is 64.0 cm³/mol. The highest BCUT2D eigenvalue weighted by molar-refractivity contribution is 5.51. The summed E-state index contributed by atoms with van der Waals surface area (Å²) in [4.78, 5) is 22.2. The Morgan fingerprint density at radius 1 is 1.15 bits per heavy atom. The Morgan fingerprint density at radius 3 is 2.15 bits per heavy atom. The van der Waals surface area contributed by atoms with Crippen molar-refractivity contribution in [3.8, 4) is 0 Å². The van der Waals surface area contributed by atoms with Crippen LogP contribution in [0, 0.1) is 0 Å². The first kappa shape index (κ1) is 13.1. The van der Waals surface area contributed by atoms with Crippen LogP contribution in [0.4, 0.5) is 19.1 Å². The lowest BCUT2D eigenvalue weighted by atomic mass is 10.2. The molecule has 108 valence electrons. The van der Waals surface area contributed by atoms with Gasteiger partial charge < -0.3 is 9.80 Å². The summed E-state index contributed by atoms with van der Waals surface area (Å²) in [6.45, 7) is 1.14. The predicted octanol–water partition coefficient (Wildman–Crippen LogP) is 1.30. The molecule has 2 aliphatic heterocycles. The van der Waals surface area contributed by atoms with Gasteiger partial charge in [0, 0.05) is 37.6 Å². The van der Waals surface area contributed by atoms with E-state index in [0.717, 1.165) is 31.6 Å². The molecule has 2 unspecified atom stereocenters. The van der Waals surface area contributed by atoms with E-state index in [4.69, 9.17) is 0 Å². The van der Waals surface area contributed by atoms with Crippen LogP contribution in [0.25, 0.3) is 0 Å². The molecular formula is C12H13F3N4O. The summed E-state index contributed by atoms with van der Waals surface area (Å²) in [5.41, 5.74) is -0.851. The van der Waals surface area contributed by atoms with Crippen LogP contribution in [-0.2, 0) is 11.0 Å². The van der Waals surface area contributed by atoms with Crippen molar-refractivity contribution < 1.29 is 18.0 Å². The highest BCUT2D eigenvalue weighted by Crippen LogP contribution is 2.31. The fourth-order valence-corrected chi connectivity index (χ4v) is 2.90. The summed E-state index contributed by atoms with van der Waals surface area (Å²) in [5, 5.41) is 0. The van der Waals surface area contributed by atoms with Gasteiger partial charge >= 0.3 is 6.18 Å². The molecule has 2 bridgehead atoms. The standard InChI is InChI=1S/C12H13F3N4O/c13-12(14,15)8-3-16-11(17-4-8)18-5-9-1-2-10(6-18)19(9)7-20/h3-4,7,9-10H,1-2,5-6H2. The summed E-state index contributed by atoms with van der Waals surface area (Å²) >= 11 is 0. The van der Waals surface area contributed by atoms with E-state index < -0.39 is 11.7 Å². The second-order valence-electron chi connectivity index (χ2n) is 5.11. The van der Waals surface area contributed by atoms with Crippen LogP contribution >= 0.6 is 0 Å². The SMILES string of the molecule is O=CN1C2CCC1CN(c1ncc(C(F)(F)F)cn1)C2. The summed E-state index contributed by atoms with van der Waals surface area (Å²) in [7, 11) is 0. The van der Waals surface area contributed by atoms with Gasteiger partial charge in [-0.25, -0.2) is 9.97 Å². The monoisotopic (exact) mass is 286 g/mol. The lowest BCUT2D eigenvalue weighted by Gasteiger charge is -2.38. The van der Waals surface area contributed by atoms with E-state index in [1.54, 1.807) is 4.90 Å². The van der Waals surface area contributed by atoms with Crippen LogP contribution in [0.5, 0.6) is 0 Å².